The molecule has 0 saturated heterocycles. The lowest BCUT2D eigenvalue weighted by molar-refractivity contribution is -0.144. The number of nitrogens with zero attached hydrogens (tertiary/aromatic N) is 2. The Morgan fingerprint density at radius 2 is 1.77 bits per heavy atom. The maximum absolute atomic E-state index is 13.1. The Labute approximate surface area is 179 Å². The van der Waals surface area contributed by atoms with Gasteiger partial charge in [0.25, 0.3) is 5.56 Å². The Morgan fingerprint density at radius 3 is 2.27 bits per heavy atom. The summed E-state index contributed by atoms with van der Waals surface area (Å²) in [5.74, 6) is -0.865. The fourth-order valence-corrected chi connectivity index (χ4v) is 3.03. The van der Waals surface area contributed by atoms with Gasteiger partial charge in [-0.3, -0.25) is 9.36 Å². The molecule has 30 heavy (non-hydrogen) atoms. The van der Waals surface area contributed by atoms with Crippen molar-refractivity contribution in [1.29, 1.82) is 0 Å². The number of carbonyl (C=O) groups excluding carboxylic acids is 1. The van der Waals surface area contributed by atoms with Gasteiger partial charge in [-0.15, -0.1) is 0 Å². The van der Waals surface area contributed by atoms with Crippen molar-refractivity contribution in [2.24, 2.45) is 7.05 Å². The first-order valence-corrected chi connectivity index (χ1v) is 9.23. The second-order valence-corrected chi connectivity index (χ2v) is 7.85. The molecule has 0 aliphatic rings. The lowest BCUT2D eigenvalue weighted by atomic mass is 10.0. The molecule has 1 aromatic carbocycles. The van der Waals surface area contributed by atoms with Crippen molar-refractivity contribution >= 4 is 35.2 Å². The number of halogens is 5. The first-order chi connectivity index (χ1) is 13.7. The zero-order chi connectivity index (χ0) is 23.0. The minimum absolute atomic E-state index is 0.0606. The van der Waals surface area contributed by atoms with Gasteiger partial charge in [-0.1, -0.05) is 23.2 Å². The molecule has 0 N–H and O–H groups in total. The molecular formula is C19H17Cl2F3N2O4. The lowest BCUT2D eigenvalue weighted by Gasteiger charge is -2.22. The fraction of sp³-hybridized carbons (Fsp3) is 0.316. The Bertz CT molecular complexity index is 1140. The number of benzene rings is 1. The zero-order valence-electron chi connectivity index (χ0n) is 16.3. The van der Waals surface area contributed by atoms with Crippen molar-refractivity contribution in [1.82, 2.24) is 9.13 Å². The highest BCUT2D eigenvalue weighted by Gasteiger charge is 2.35. The van der Waals surface area contributed by atoms with Crippen LogP contribution in [0.25, 0.3) is 11.8 Å². The second-order valence-electron chi connectivity index (χ2n) is 7.19. The molecule has 2 rings (SSSR count). The normalized spacial score (nSPS) is 12.4. The maximum Gasteiger partial charge on any atom is 0.431 e. The van der Waals surface area contributed by atoms with Crippen LogP contribution in [-0.2, 0) is 18.0 Å². The molecule has 1 aromatic heterocycles. The summed E-state index contributed by atoms with van der Waals surface area (Å²) in [5, 5.41) is -0.0606. The van der Waals surface area contributed by atoms with Crippen LogP contribution < -0.4 is 11.2 Å². The molecular weight excluding hydrogens is 448 g/mol. The van der Waals surface area contributed by atoms with E-state index in [2.05, 4.69) is 0 Å². The van der Waals surface area contributed by atoms with Crippen molar-refractivity contribution in [2.75, 3.05) is 0 Å². The molecule has 6 nitrogen and oxygen atoms in total. The first kappa shape index (κ1) is 23.8. The van der Waals surface area contributed by atoms with Crippen LogP contribution in [0.2, 0.25) is 5.02 Å². The van der Waals surface area contributed by atoms with Crippen LogP contribution in [0.3, 0.4) is 0 Å². The highest BCUT2D eigenvalue weighted by molar-refractivity contribution is 6.34. The molecule has 0 radical (unpaired) electrons. The number of carbonyl (C=O) groups is 1. The monoisotopic (exact) mass is 464 g/mol. The summed E-state index contributed by atoms with van der Waals surface area (Å²) in [6.45, 7) is 4.86. The van der Waals surface area contributed by atoms with Gasteiger partial charge in [0.2, 0.25) is 0 Å². The average molecular weight is 465 g/mol. The smallest absolute Gasteiger partial charge is 0.431 e. The third-order valence-electron chi connectivity index (χ3n) is 3.86. The summed E-state index contributed by atoms with van der Waals surface area (Å²) in [6, 6.07) is 2.74. The number of hydrogen-bond donors (Lipinski definition) is 0. The van der Waals surface area contributed by atoms with E-state index in [1.54, 1.807) is 20.8 Å². The van der Waals surface area contributed by atoms with Crippen LogP contribution in [0.15, 0.2) is 33.3 Å². The molecule has 0 fully saturated rings. The summed E-state index contributed by atoms with van der Waals surface area (Å²) < 4.78 is 45.4. The molecule has 162 valence electrons. The van der Waals surface area contributed by atoms with Crippen LogP contribution in [0.5, 0.6) is 0 Å². The molecule has 0 amide bonds. The Balaban J connectivity index is 2.90. The summed E-state index contributed by atoms with van der Waals surface area (Å²) in [7, 11) is 0.878. The molecule has 2 aromatic rings. The van der Waals surface area contributed by atoms with E-state index in [9.17, 15) is 27.6 Å². The van der Waals surface area contributed by atoms with E-state index in [1.165, 1.54) is 18.2 Å². The fourth-order valence-electron chi connectivity index (χ4n) is 2.66. The summed E-state index contributed by atoms with van der Waals surface area (Å²) in [4.78, 5) is 37.8. The van der Waals surface area contributed by atoms with E-state index in [0.29, 0.717) is 4.57 Å². The van der Waals surface area contributed by atoms with E-state index >= 15 is 0 Å². The standard InChI is InChI=1S/C19H17Cl2F3N2O4/c1-18(2,3)30-16(28)15-10(7-8-20)12(6-5-11(15)21)26-14(27)9-13(19(22,23)24)25(4)17(26)29/h5-9H,1-4H3. The minimum Gasteiger partial charge on any atom is -0.456 e. The highest BCUT2D eigenvalue weighted by Crippen LogP contribution is 2.30. The largest absolute Gasteiger partial charge is 0.456 e. The summed E-state index contributed by atoms with van der Waals surface area (Å²) in [6.07, 6.45) is -3.72. The predicted molar refractivity (Wildman–Crippen MR) is 107 cm³/mol. The van der Waals surface area contributed by atoms with Gasteiger partial charge >= 0.3 is 17.8 Å². The number of esters is 1. The quantitative estimate of drug-likeness (QED) is 0.632. The first-order valence-electron chi connectivity index (χ1n) is 8.42. The third kappa shape index (κ3) is 4.79. The molecule has 0 unspecified atom stereocenters. The summed E-state index contributed by atoms with van der Waals surface area (Å²) >= 11 is 11.8. The number of alkyl halides is 3. The van der Waals surface area contributed by atoms with Crippen LogP contribution in [0.1, 0.15) is 42.4 Å². The molecule has 1 heterocycles. The Morgan fingerprint density at radius 1 is 1.17 bits per heavy atom. The number of aromatic nitrogens is 2. The van der Waals surface area contributed by atoms with Crippen molar-refractivity contribution in [3.05, 3.63) is 66.4 Å². The van der Waals surface area contributed by atoms with Crippen molar-refractivity contribution in [3.63, 3.8) is 0 Å². The van der Waals surface area contributed by atoms with E-state index in [0.717, 1.165) is 12.6 Å². The molecule has 0 aliphatic carbocycles. The lowest BCUT2D eigenvalue weighted by Crippen LogP contribution is -2.41. The van der Waals surface area contributed by atoms with E-state index < -0.39 is 34.7 Å². The van der Waals surface area contributed by atoms with Gasteiger partial charge in [-0.05, 0) is 39.0 Å². The number of rotatable bonds is 3. The van der Waals surface area contributed by atoms with E-state index in [-0.39, 0.29) is 32.5 Å². The maximum atomic E-state index is 13.1. The van der Waals surface area contributed by atoms with Gasteiger partial charge in [-0.25, -0.2) is 14.2 Å². The molecule has 0 bridgehead atoms. The number of hydrogen-bond acceptors (Lipinski definition) is 4. The highest BCUT2D eigenvalue weighted by atomic mass is 35.5. The van der Waals surface area contributed by atoms with E-state index in [1.807, 2.05) is 0 Å². The van der Waals surface area contributed by atoms with Gasteiger partial charge < -0.3 is 4.74 Å². The predicted octanol–water partition coefficient (Wildman–Crippen LogP) is 4.37. The van der Waals surface area contributed by atoms with Crippen molar-refractivity contribution < 1.29 is 22.7 Å². The second kappa shape index (κ2) is 8.31. The molecule has 0 saturated carbocycles. The third-order valence-corrected chi connectivity index (χ3v) is 4.30. The Kier molecular flexibility index (Phi) is 6.58. The molecule has 0 aliphatic heterocycles. The van der Waals surface area contributed by atoms with Gasteiger partial charge in [0, 0.05) is 24.2 Å². The minimum atomic E-state index is -4.91. The van der Waals surface area contributed by atoms with Crippen LogP contribution in [-0.4, -0.2) is 20.7 Å². The Hall–Kier alpha value is -2.52. The summed E-state index contributed by atoms with van der Waals surface area (Å²) in [5.41, 5.74) is -4.26. The average Bonchev–Trinajstić information content (AvgIpc) is 2.57. The van der Waals surface area contributed by atoms with Gasteiger partial charge in [0.15, 0.2) is 0 Å². The van der Waals surface area contributed by atoms with Crippen molar-refractivity contribution in [3.8, 4) is 5.69 Å². The number of ether oxygens (including phenoxy) is 1. The van der Waals surface area contributed by atoms with Crippen LogP contribution in [0, 0.1) is 0 Å². The molecule has 0 spiro atoms. The SMILES string of the molecule is Cn1c(C(F)(F)F)cc(=O)n(-c2ccc(Cl)c(C(=O)OC(C)(C)C)c2C=CCl)c1=O. The topological polar surface area (TPSA) is 70.3 Å². The van der Waals surface area contributed by atoms with Crippen LogP contribution in [0.4, 0.5) is 13.2 Å². The van der Waals surface area contributed by atoms with E-state index in [4.69, 9.17) is 27.9 Å². The molecule has 0 atom stereocenters. The van der Waals surface area contributed by atoms with Crippen molar-refractivity contribution in [2.45, 2.75) is 32.5 Å². The van der Waals surface area contributed by atoms with Crippen LogP contribution >= 0.6 is 23.2 Å². The van der Waals surface area contributed by atoms with Gasteiger partial charge in [-0.2, -0.15) is 13.2 Å². The molecule has 11 heteroatoms. The van der Waals surface area contributed by atoms with Gasteiger partial charge in [0.1, 0.15) is 11.3 Å². The zero-order valence-corrected chi connectivity index (χ0v) is 17.8. The van der Waals surface area contributed by atoms with Gasteiger partial charge in [0.05, 0.1) is 16.3 Å².